The molecular formula is C12H14FN3O3. The molecule has 0 aliphatic carbocycles. The summed E-state index contributed by atoms with van der Waals surface area (Å²) in [6, 6.07) is 3.41. The molecule has 3 heterocycles. The second-order valence-electron chi connectivity index (χ2n) is 4.53. The molecule has 1 aliphatic heterocycles. The van der Waals surface area contributed by atoms with Gasteiger partial charge in [0.05, 0.1) is 12.1 Å². The monoisotopic (exact) mass is 267 g/mol. The first-order valence-corrected chi connectivity index (χ1v) is 5.93. The van der Waals surface area contributed by atoms with Crippen molar-refractivity contribution in [2.45, 2.75) is 24.6 Å². The summed E-state index contributed by atoms with van der Waals surface area (Å²) in [7, 11) is 0. The fraction of sp³-hybridized carbons (Fsp3) is 0.417. The minimum atomic E-state index is -1.61. The summed E-state index contributed by atoms with van der Waals surface area (Å²) >= 11 is 0. The average molecular weight is 267 g/mol. The SMILES string of the molecule is Nc1nccc2c1ccn2[C@@H]1O[C@H](CO)[C@@H](O)[C@H]1F. The van der Waals surface area contributed by atoms with Crippen molar-refractivity contribution in [1.82, 2.24) is 9.55 Å². The zero-order valence-corrected chi connectivity index (χ0v) is 9.98. The highest BCUT2D eigenvalue weighted by Gasteiger charge is 2.45. The molecule has 19 heavy (non-hydrogen) atoms. The zero-order chi connectivity index (χ0) is 13.6. The fourth-order valence-corrected chi connectivity index (χ4v) is 2.41. The first-order chi connectivity index (χ1) is 9.13. The largest absolute Gasteiger partial charge is 0.394 e. The fourth-order valence-electron chi connectivity index (χ4n) is 2.41. The highest BCUT2D eigenvalue weighted by atomic mass is 19.1. The Labute approximate surface area is 108 Å². The summed E-state index contributed by atoms with van der Waals surface area (Å²) in [5.41, 5.74) is 6.41. The number of halogens is 1. The van der Waals surface area contributed by atoms with E-state index in [2.05, 4.69) is 4.98 Å². The molecular weight excluding hydrogens is 253 g/mol. The Kier molecular flexibility index (Phi) is 2.89. The first-order valence-electron chi connectivity index (χ1n) is 5.93. The van der Waals surface area contributed by atoms with Crippen molar-refractivity contribution in [3.63, 3.8) is 0 Å². The molecule has 4 N–H and O–H groups in total. The van der Waals surface area contributed by atoms with Crippen LogP contribution in [-0.2, 0) is 4.74 Å². The summed E-state index contributed by atoms with van der Waals surface area (Å²) in [5.74, 6) is 0.351. The molecule has 4 atom stereocenters. The van der Waals surface area contributed by atoms with E-state index in [1.54, 1.807) is 22.9 Å². The van der Waals surface area contributed by atoms with Gasteiger partial charge in [-0.25, -0.2) is 9.37 Å². The van der Waals surface area contributed by atoms with Crippen molar-refractivity contribution < 1.29 is 19.3 Å². The number of hydrogen-bond acceptors (Lipinski definition) is 5. The lowest BCUT2D eigenvalue weighted by molar-refractivity contribution is -0.0455. The predicted molar refractivity (Wildman–Crippen MR) is 66.0 cm³/mol. The number of fused-ring (bicyclic) bond motifs is 1. The van der Waals surface area contributed by atoms with E-state index in [1.165, 1.54) is 6.20 Å². The number of hydrogen-bond donors (Lipinski definition) is 3. The summed E-state index contributed by atoms with van der Waals surface area (Å²) in [6.45, 7) is -0.430. The molecule has 0 spiro atoms. The van der Waals surface area contributed by atoms with Gasteiger partial charge >= 0.3 is 0 Å². The highest BCUT2D eigenvalue weighted by molar-refractivity contribution is 5.89. The van der Waals surface area contributed by atoms with Gasteiger partial charge in [-0.3, -0.25) is 0 Å². The lowest BCUT2D eigenvalue weighted by atomic mass is 10.1. The van der Waals surface area contributed by atoms with Gasteiger partial charge in [0.25, 0.3) is 0 Å². The molecule has 2 aromatic heterocycles. The van der Waals surface area contributed by atoms with Crippen LogP contribution in [0, 0.1) is 0 Å². The van der Waals surface area contributed by atoms with Crippen LogP contribution >= 0.6 is 0 Å². The second kappa shape index (κ2) is 4.44. The third-order valence-corrected chi connectivity index (χ3v) is 3.43. The summed E-state index contributed by atoms with van der Waals surface area (Å²) in [4.78, 5) is 3.95. The second-order valence-corrected chi connectivity index (χ2v) is 4.53. The van der Waals surface area contributed by atoms with Gasteiger partial charge in [0, 0.05) is 17.8 Å². The van der Waals surface area contributed by atoms with Crippen molar-refractivity contribution in [3.8, 4) is 0 Å². The van der Waals surface area contributed by atoms with Crippen LogP contribution in [0.1, 0.15) is 6.23 Å². The molecule has 0 radical (unpaired) electrons. The Morgan fingerprint density at radius 1 is 1.47 bits per heavy atom. The van der Waals surface area contributed by atoms with Crippen LogP contribution in [-0.4, -0.2) is 44.8 Å². The van der Waals surface area contributed by atoms with E-state index in [-0.39, 0.29) is 0 Å². The molecule has 6 nitrogen and oxygen atoms in total. The smallest absolute Gasteiger partial charge is 0.173 e. The first kappa shape index (κ1) is 12.3. The molecule has 0 saturated carbocycles. The molecule has 0 unspecified atom stereocenters. The van der Waals surface area contributed by atoms with Crippen molar-refractivity contribution >= 4 is 16.7 Å². The van der Waals surface area contributed by atoms with Gasteiger partial charge in [-0.1, -0.05) is 0 Å². The molecule has 0 aromatic carbocycles. The van der Waals surface area contributed by atoms with Crippen molar-refractivity contribution in [1.29, 1.82) is 0 Å². The number of pyridine rings is 1. The molecule has 0 bridgehead atoms. The summed E-state index contributed by atoms with van der Waals surface area (Å²) in [5, 5.41) is 19.4. The Hall–Kier alpha value is -1.70. The van der Waals surface area contributed by atoms with Crippen molar-refractivity contribution in [2.75, 3.05) is 12.3 Å². The van der Waals surface area contributed by atoms with Gasteiger partial charge in [0.2, 0.25) is 0 Å². The number of aliphatic hydroxyl groups is 2. The van der Waals surface area contributed by atoms with Crippen LogP contribution in [0.25, 0.3) is 10.9 Å². The van der Waals surface area contributed by atoms with Crippen molar-refractivity contribution in [2.24, 2.45) is 0 Å². The quantitative estimate of drug-likeness (QED) is 0.723. The molecule has 7 heteroatoms. The average Bonchev–Trinajstić information content (AvgIpc) is 2.94. The molecule has 1 aliphatic rings. The number of ether oxygens (including phenoxy) is 1. The van der Waals surface area contributed by atoms with Crippen LogP contribution < -0.4 is 5.73 Å². The van der Waals surface area contributed by atoms with E-state index in [9.17, 15) is 9.50 Å². The molecule has 1 fully saturated rings. The van der Waals surface area contributed by atoms with Crippen LogP contribution in [0.4, 0.5) is 10.2 Å². The topological polar surface area (TPSA) is 93.5 Å². The molecule has 3 rings (SSSR count). The van der Waals surface area contributed by atoms with Gasteiger partial charge in [0.15, 0.2) is 12.4 Å². The summed E-state index contributed by atoms with van der Waals surface area (Å²) in [6.07, 6.45) is -1.69. The number of alkyl halides is 1. The normalized spacial score (nSPS) is 31.1. The van der Waals surface area contributed by atoms with E-state index in [4.69, 9.17) is 15.6 Å². The number of nitrogen functional groups attached to an aromatic ring is 1. The molecule has 102 valence electrons. The maximum absolute atomic E-state index is 14.1. The number of aliphatic hydroxyl groups excluding tert-OH is 2. The number of aromatic nitrogens is 2. The Balaban J connectivity index is 2.04. The van der Waals surface area contributed by atoms with E-state index in [0.29, 0.717) is 16.7 Å². The van der Waals surface area contributed by atoms with Gasteiger partial charge in [0.1, 0.15) is 18.0 Å². The number of anilines is 1. The maximum atomic E-state index is 14.1. The highest BCUT2D eigenvalue weighted by Crippen LogP contribution is 2.34. The Morgan fingerprint density at radius 2 is 2.26 bits per heavy atom. The van der Waals surface area contributed by atoms with E-state index in [1.807, 2.05) is 0 Å². The maximum Gasteiger partial charge on any atom is 0.173 e. The van der Waals surface area contributed by atoms with Crippen LogP contribution in [0.5, 0.6) is 0 Å². The number of nitrogens with zero attached hydrogens (tertiary/aromatic N) is 2. The standard InChI is InChI=1S/C12H14FN3O3/c13-9-10(18)8(5-17)19-12(9)16-4-2-6-7(16)1-3-15-11(6)14/h1-4,8-10,12,17-18H,5H2,(H2,14,15)/t8-,9-,10-,12-/m1/s1. The van der Waals surface area contributed by atoms with Gasteiger partial charge in [-0.15, -0.1) is 0 Å². The third kappa shape index (κ3) is 1.78. The van der Waals surface area contributed by atoms with Crippen LogP contribution in [0.3, 0.4) is 0 Å². The van der Waals surface area contributed by atoms with Gasteiger partial charge in [-0.05, 0) is 12.1 Å². The number of nitrogens with two attached hydrogens (primary N) is 1. The molecule has 0 amide bonds. The van der Waals surface area contributed by atoms with Crippen molar-refractivity contribution in [3.05, 3.63) is 24.5 Å². The molecule has 1 saturated heterocycles. The van der Waals surface area contributed by atoms with Crippen LogP contribution in [0.2, 0.25) is 0 Å². The molecule has 2 aromatic rings. The third-order valence-electron chi connectivity index (χ3n) is 3.43. The summed E-state index contributed by atoms with van der Waals surface area (Å²) < 4.78 is 21.0. The van der Waals surface area contributed by atoms with Gasteiger partial charge in [-0.2, -0.15) is 0 Å². The van der Waals surface area contributed by atoms with Gasteiger partial charge < -0.3 is 25.3 Å². The van der Waals surface area contributed by atoms with E-state index < -0.39 is 31.2 Å². The zero-order valence-electron chi connectivity index (χ0n) is 9.98. The van der Waals surface area contributed by atoms with E-state index >= 15 is 0 Å². The number of rotatable bonds is 2. The minimum absolute atomic E-state index is 0.351. The minimum Gasteiger partial charge on any atom is -0.394 e. The van der Waals surface area contributed by atoms with Crippen LogP contribution in [0.15, 0.2) is 24.5 Å². The van der Waals surface area contributed by atoms with E-state index in [0.717, 1.165) is 0 Å². The Morgan fingerprint density at radius 3 is 2.95 bits per heavy atom. The lowest BCUT2D eigenvalue weighted by Crippen LogP contribution is -2.30. The predicted octanol–water partition coefficient (Wildman–Crippen LogP) is 0.207. The Bertz CT molecular complexity index is 603. The lowest BCUT2D eigenvalue weighted by Gasteiger charge is -2.16.